The third-order valence-electron chi connectivity index (χ3n) is 3.78. The van der Waals surface area contributed by atoms with Gasteiger partial charge in [-0.15, -0.1) is 0 Å². The lowest BCUT2D eigenvalue weighted by Gasteiger charge is -2.20. The quantitative estimate of drug-likeness (QED) is 0.872. The van der Waals surface area contributed by atoms with Crippen LogP contribution in [0.1, 0.15) is 29.5 Å². The maximum Gasteiger partial charge on any atom is 0.266 e. The van der Waals surface area contributed by atoms with Gasteiger partial charge in [0, 0.05) is 5.02 Å². The Labute approximate surface area is 121 Å². The molecular formula is C16H13ClN2O. The number of nitriles is 1. The van der Waals surface area contributed by atoms with E-state index in [1.807, 2.05) is 30.3 Å². The van der Waals surface area contributed by atoms with E-state index in [0.717, 1.165) is 48.1 Å². The molecule has 20 heavy (non-hydrogen) atoms. The van der Waals surface area contributed by atoms with Crippen molar-refractivity contribution in [1.82, 2.24) is 4.98 Å². The summed E-state index contributed by atoms with van der Waals surface area (Å²) in [6, 6.07) is 9.46. The summed E-state index contributed by atoms with van der Waals surface area (Å²) in [5.74, 6) is 0. The second kappa shape index (κ2) is 5.15. The number of hydrogen-bond donors (Lipinski definition) is 1. The average Bonchev–Trinajstić information content (AvgIpc) is 2.47. The number of pyridine rings is 1. The molecule has 1 N–H and O–H groups in total. The molecular weight excluding hydrogens is 272 g/mol. The Morgan fingerprint density at radius 3 is 2.40 bits per heavy atom. The van der Waals surface area contributed by atoms with Crippen LogP contribution in [-0.4, -0.2) is 4.98 Å². The number of nitrogens with zero attached hydrogens (tertiary/aromatic N) is 1. The second-order valence-corrected chi connectivity index (χ2v) is 5.42. The highest BCUT2D eigenvalue weighted by molar-refractivity contribution is 6.30. The van der Waals surface area contributed by atoms with Gasteiger partial charge in [0.25, 0.3) is 5.56 Å². The number of nitrogens with one attached hydrogen (secondary N) is 1. The molecule has 2 aromatic rings. The number of hydrogen-bond acceptors (Lipinski definition) is 2. The molecule has 0 bridgehead atoms. The SMILES string of the molecule is N#Cc1c2c(c(-c3ccc(Cl)cc3)[nH]c1=O)CCCC2. The van der Waals surface area contributed by atoms with E-state index in [-0.39, 0.29) is 11.1 Å². The van der Waals surface area contributed by atoms with Gasteiger partial charge >= 0.3 is 0 Å². The zero-order valence-electron chi connectivity index (χ0n) is 10.9. The highest BCUT2D eigenvalue weighted by atomic mass is 35.5. The Balaban J connectivity index is 2.27. The molecule has 0 unspecified atom stereocenters. The first-order valence-electron chi connectivity index (χ1n) is 6.65. The molecule has 100 valence electrons. The summed E-state index contributed by atoms with van der Waals surface area (Å²) in [7, 11) is 0. The second-order valence-electron chi connectivity index (χ2n) is 4.99. The molecule has 1 aliphatic rings. The Morgan fingerprint density at radius 2 is 1.75 bits per heavy atom. The van der Waals surface area contributed by atoms with Crippen molar-refractivity contribution >= 4 is 11.6 Å². The van der Waals surface area contributed by atoms with Crippen molar-refractivity contribution in [2.24, 2.45) is 0 Å². The summed E-state index contributed by atoms with van der Waals surface area (Å²) >= 11 is 5.91. The number of rotatable bonds is 1. The van der Waals surface area contributed by atoms with E-state index in [9.17, 15) is 10.1 Å². The lowest BCUT2D eigenvalue weighted by molar-refractivity contribution is 0.680. The van der Waals surface area contributed by atoms with E-state index in [0.29, 0.717) is 5.02 Å². The van der Waals surface area contributed by atoms with E-state index in [4.69, 9.17) is 11.6 Å². The minimum absolute atomic E-state index is 0.275. The van der Waals surface area contributed by atoms with Crippen molar-refractivity contribution in [2.45, 2.75) is 25.7 Å². The smallest absolute Gasteiger partial charge is 0.266 e. The Kier molecular flexibility index (Phi) is 3.33. The van der Waals surface area contributed by atoms with Crippen molar-refractivity contribution < 1.29 is 0 Å². The molecule has 0 radical (unpaired) electrons. The molecule has 1 heterocycles. The molecule has 0 atom stereocenters. The minimum atomic E-state index is -0.293. The van der Waals surface area contributed by atoms with E-state index in [1.54, 1.807) is 0 Å². The number of aromatic amines is 1. The first-order chi connectivity index (χ1) is 9.70. The zero-order chi connectivity index (χ0) is 14.1. The van der Waals surface area contributed by atoms with Gasteiger partial charge in [-0.25, -0.2) is 0 Å². The lowest BCUT2D eigenvalue weighted by atomic mass is 9.86. The van der Waals surface area contributed by atoms with E-state index in [1.165, 1.54) is 0 Å². The molecule has 0 aliphatic heterocycles. The van der Waals surface area contributed by atoms with Crippen molar-refractivity contribution in [3.63, 3.8) is 0 Å². The van der Waals surface area contributed by atoms with Gasteiger partial charge in [-0.2, -0.15) is 5.26 Å². The predicted octanol–water partition coefficient (Wildman–Crippen LogP) is 3.45. The number of fused-ring (bicyclic) bond motifs is 1. The van der Waals surface area contributed by atoms with Gasteiger partial charge in [0.05, 0.1) is 5.69 Å². The monoisotopic (exact) mass is 284 g/mol. The Bertz CT molecular complexity index is 754. The molecule has 4 heteroatoms. The highest BCUT2D eigenvalue weighted by Gasteiger charge is 2.20. The molecule has 0 fully saturated rings. The summed E-state index contributed by atoms with van der Waals surface area (Å²) in [6.07, 6.45) is 3.83. The van der Waals surface area contributed by atoms with Gasteiger partial charge in [0.15, 0.2) is 0 Å². The van der Waals surface area contributed by atoms with Gasteiger partial charge in [-0.3, -0.25) is 4.79 Å². The van der Waals surface area contributed by atoms with Crippen molar-refractivity contribution in [2.75, 3.05) is 0 Å². The molecule has 1 aromatic heterocycles. The molecule has 1 aliphatic carbocycles. The fourth-order valence-corrected chi connectivity index (χ4v) is 2.95. The van der Waals surface area contributed by atoms with Crippen LogP contribution in [0.3, 0.4) is 0 Å². The minimum Gasteiger partial charge on any atom is -0.321 e. The molecule has 3 nitrogen and oxygen atoms in total. The van der Waals surface area contributed by atoms with Crippen LogP contribution in [0.25, 0.3) is 11.3 Å². The highest BCUT2D eigenvalue weighted by Crippen LogP contribution is 2.30. The van der Waals surface area contributed by atoms with Gasteiger partial charge in [0.1, 0.15) is 11.6 Å². The molecule has 0 spiro atoms. The molecule has 0 saturated carbocycles. The van der Waals surface area contributed by atoms with Crippen molar-refractivity contribution in [3.8, 4) is 17.3 Å². The third-order valence-corrected chi connectivity index (χ3v) is 4.03. The molecule has 1 aromatic carbocycles. The summed E-state index contributed by atoms with van der Waals surface area (Å²) in [6.45, 7) is 0. The number of halogens is 1. The van der Waals surface area contributed by atoms with E-state index < -0.39 is 0 Å². The van der Waals surface area contributed by atoms with E-state index >= 15 is 0 Å². The maximum atomic E-state index is 12.1. The van der Waals surface area contributed by atoms with Gasteiger partial charge < -0.3 is 4.98 Å². The lowest BCUT2D eigenvalue weighted by Crippen LogP contribution is -2.20. The van der Waals surface area contributed by atoms with Crippen LogP contribution in [0.2, 0.25) is 5.02 Å². The normalized spacial score (nSPS) is 13.6. The largest absolute Gasteiger partial charge is 0.321 e. The summed E-state index contributed by atoms with van der Waals surface area (Å²) in [4.78, 5) is 14.9. The van der Waals surface area contributed by atoms with Crippen LogP contribution in [0, 0.1) is 11.3 Å². The summed E-state index contributed by atoms with van der Waals surface area (Å²) < 4.78 is 0. The molecule has 3 rings (SSSR count). The number of benzene rings is 1. The average molecular weight is 285 g/mol. The van der Waals surface area contributed by atoms with Crippen LogP contribution in [0.5, 0.6) is 0 Å². The number of aromatic nitrogens is 1. The van der Waals surface area contributed by atoms with E-state index in [2.05, 4.69) is 4.98 Å². The number of H-pyrrole nitrogens is 1. The topological polar surface area (TPSA) is 56.6 Å². The first kappa shape index (κ1) is 13.0. The van der Waals surface area contributed by atoms with Crippen molar-refractivity contribution in [1.29, 1.82) is 5.26 Å². The van der Waals surface area contributed by atoms with Crippen molar-refractivity contribution in [3.05, 3.63) is 56.3 Å². The third kappa shape index (κ3) is 2.13. The summed E-state index contributed by atoms with van der Waals surface area (Å²) in [5.41, 5.74) is 3.78. The van der Waals surface area contributed by atoms with Crippen LogP contribution >= 0.6 is 11.6 Å². The zero-order valence-corrected chi connectivity index (χ0v) is 11.6. The first-order valence-corrected chi connectivity index (χ1v) is 7.02. The van der Waals surface area contributed by atoms with Crippen LogP contribution in [0.4, 0.5) is 0 Å². The maximum absolute atomic E-state index is 12.1. The molecule has 0 amide bonds. The standard InChI is InChI=1S/C16H13ClN2O/c17-11-7-5-10(6-8-11)15-13-4-2-1-3-12(13)14(9-18)16(20)19-15/h5-8H,1-4H2,(H,19,20). The van der Waals surface area contributed by atoms with Crippen LogP contribution in [0.15, 0.2) is 29.1 Å². The van der Waals surface area contributed by atoms with Gasteiger partial charge in [-0.05, 0) is 54.5 Å². The van der Waals surface area contributed by atoms with Gasteiger partial charge in [0.2, 0.25) is 0 Å². The van der Waals surface area contributed by atoms with Crippen LogP contribution < -0.4 is 5.56 Å². The fraction of sp³-hybridized carbons (Fsp3) is 0.250. The van der Waals surface area contributed by atoms with Gasteiger partial charge in [-0.1, -0.05) is 23.7 Å². The molecule has 0 saturated heterocycles. The Morgan fingerprint density at radius 1 is 1.10 bits per heavy atom. The predicted molar refractivity (Wildman–Crippen MR) is 78.9 cm³/mol. The Hall–Kier alpha value is -2.05. The van der Waals surface area contributed by atoms with Crippen LogP contribution in [-0.2, 0) is 12.8 Å². The fourth-order valence-electron chi connectivity index (χ4n) is 2.83. The summed E-state index contributed by atoms with van der Waals surface area (Å²) in [5, 5.41) is 9.85.